The van der Waals surface area contributed by atoms with E-state index in [-0.39, 0.29) is 11.2 Å². The summed E-state index contributed by atoms with van der Waals surface area (Å²) in [5.41, 5.74) is 5.04. The number of aromatic nitrogens is 4. The Bertz CT molecular complexity index is 1050. The molecule has 6 heteroatoms. The summed E-state index contributed by atoms with van der Waals surface area (Å²) >= 11 is 1.96. The molecule has 0 aliphatic heterocycles. The van der Waals surface area contributed by atoms with Crippen LogP contribution in [0.3, 0.4) is 0 Å². The molecule has 1 saturated carbocycles. The molecule has 3 aromatic rings. The Morgan fingerprint density at radius 1 is 1.18 bits per heavy atom. The average Bonchev–Trinajstić information content (AvgIpc) is 3.25. The summed E-state index contributed by atoms with van der Waals surface area (Å²) in [6.07, 6.45) is 12.9. The number of aryl methyl sites for hydroxylation is 1. The Balaban J connectivity index is 1.41. The zero-order valence-corrected chi connectivity index (χ0v) is 16.9. The zero-order valence-electron chi connectivity index (χ0n) is 16.1. The van der Waals surface area contributed by atoms with Crippen molar-refractivity contribution < 1.29 is 4.39 Å². The van der Waals surface area contributed by atoms with Gasteiger partial charge in [0.05, 0.1) is 23.8 Å². The van der Waals surface area contributed by atoms with Crippen molar-refractivity contribution in [3.05, 3.63) is 65.5 Å². The minimum atomic E-state index is -0.222. The van der Waals surface area contributed by atoms with Crippen LogP contribution in [-0.2, 0) is 13.5 Å². The summed E-state index contributed by atoms with van der Waals surface area (Å²) in [4.78, 5) is 1.25. The first-order valence-corrected chi connectivity index (χ1v) is 10.6. The molecular weight excluding hydrogens is 371 g/mol. The van der Waals surface area contributed by atoms with Crippen molar-refractivity contribution in [2.45, 2.75) is 42.8 Å². The molecule has 0 bridgehead atoms. The minimum Gasteiger partial charge on any atom is -0.275 e. The second kappa shape index (κ2) is 6.62. The summed E-state index contributed by atoms with van der Waals surface area (Å²) in [6.45, 7) is 2.40. The first-order valence-electron chi connectivity index (χ1n) is 9.69. The number of hydrogen-bond donors (Lipinski definition) is 0. The molecule has 0 unspecified atom stereocenters. The van der Waals surface area contributed by atoms with Gasteiger partial charge in [0, 0.05) is 23.4 Å². The monoisotopic (exact) mass is 394 g/mol. The van der Waals surface area contributed by atoms with E-state index in [0.717, 1.165) is 24.2 Å². The number of halogens is 1. The number of benzene rings is 1. The third kappa shape index (κ3) is 3.09. The molecular formula is C22H23FN4S. The third-order valence-corrected chi connectivity index (χ3v) is 7.24. The smallest absolute Gasteiger partial charge is 0.123 e. The van der Waals surface area contributed by atoms with Crippen LogP contribution in [-0.4, -0.2) is 24.8 Å². The van der Waals surface area contributed by atoms with E-state index in [1.54, 1.807) is 12.1 Å². The van der Waals surface area contributed by atoms with Crippen molar-refractivity contribution in [3.63, 3.8) is 0 Å². The van der Waals surface area contributed by atoms with Crippen LogP contribution in [0.5, 0.6) is 0 Å². The Morgan fingerprint density at radius 2 is 2.00 bits per heavy atom. The predicted octanol–water partition coefficient (Wildman–Crippen LogP) is 5.04. The van der Waals surface area contributed by atoms with E-state index in [1.165, 1.54) is 41.0 Å². The molecule has 28 heavy (non-hydrogen) atoms. The second-order valence-electron chi connectivity index (χ2n) is 8.18. The molecule has 5 rings (SSSR count). The van der Waals surface area contributed by atoms with Gasteiger partial charge in [0.1, 0.15) is 5.82 Å². The highest BCUT2D eigenvalue weighted by Gasteiger charge is 2.40. The Morgan fingerprint density at radius 3 is 2.75 bits per heavy atom. The van der Waals surface area contributed by atoms with Gasteiger partial charge in [-0.05, 0) is 67.0 Å². The molecule has 1 fully saturated rings. The fourth-order valence-corrected chi connectivity index (χ4v) is 5.99. The molecule has 4 nitrogen and oxygen atoms in total. The normalized spacial score (nSPS) is 23.8. The summed E-state index contributed by atoms with van der Waals surface area (Å²) in [7, 11) is 1.97. The van der Waals surface area contributed by atoms with Crippen molar-refractivity contribution in [2.24, 2.45) is 12.5 Å². The highest BCUT2D eigenvalue weighted by molar-refractivity contribution is 8.00. The van der Waals surface area contributed by atoms with Crippen molar-refractivity contribution in [1.82, 2.24) is 19.6 Å². The molecule has 0 saturated heterocycles. The maximum absolute atomic E-state index is 13.3. The van der Waals surface area contributed by atoms with Crippen molar-refractivity contribution >= 4 is 17.8 Å². The van der Waals surface area contributed by atoms with E-state index >= 15 is 0 Å². The number of fused-ring (bicyclic) bond motifs is 2. The molecule has 2 atom stereocenters. The number of nitrogens with zero attached hydrogens (tertiary/aromatic N) is 4. The van der Waals surface area contributed by atoms with E-state index in [9.17, 15) is 4.39 Å². The lowest BCUT2D eigenvalue weighted by atomic mass is 9.65. The van der Waals surface area contributed by atoms with Gasteiger partial charge in [0.25, 0.3) is 0 Å². The van der Waals surface area contributed by atoms with E-state index in [2.05, 4.69) is 29.4 Å². The van der Waals surface area contributed by atoms with Gasteiger partial charge in [-0.3, -0.25) is 4.68 Å². The molecule has 0 spiro atoms. The molecule has 2 aliphatic carbocycles. The van der Waals surface area contributed by atoms with Crippen molar-refractivity contribution in [1.29, 1.82) is 0 Å². The topological polar surface area (TPSA) is 35.6 Å². The Labute approximate surface area is 168 Å². The summed E-state index contributed by atoms with van der Waals surface area (Å²) < 4.78 is 17.1. The van der Waals surface area contributed by atoms with Crippen LogP contribution in [0, 0.1) is 11.2 Å². The van der Waals surface area contributed by atoms with Crippen molar-refractivity contribution in [2.75, 3.05) is 0 Å². The van der Waals surface area contributed by atoms with Crippen LogP contribution in [0.2, 0.25) is 0 Å². The first kappa shape index (κ1) is 17.7. The van der Waals surface area contributed by atoms with Gasteiger partial charge >= 0.3 is 0 Å². The van der Waals surface area contributed by atoms with E-state index in [4.69, 9.17) is 0 Å². The first-order chi connectivity index (χ1) is 13.5. The zero-order chi connectivity index (χ0) is 19.3. The van der Waals surface area contributed by atoms with Gasteiger partial charge in [-0.25, -0.2) is 9.07 Å². The van der Waals surface area contributed by atoms with Crippen molar-refractivity contribution in [3.8, 4) is 5.69 Å². The van der Waals surface area contributed by atoms with E-state index in [1.807, 2.05) is 40.6 Å². The Hall–Kier alpha value is -2.34. The lowest BCUT2D eigenvalue weighted by Gasteiger charge is -2.42. The predicted molar refractivity (Wildman–Crippen MR) is 110 cm³/mol. The Kier molecular flexibility index (Phi) is 4.19. The maximum Gasteiger partial charge on any atom is 0.123 e. The van der Waals surface area contributed by atoms with Gasteiger partial charge in [-0.15, -0.1) is 11.8 Å². The fraction of sp³-hybridized carbons (Fsp3) is 0.364. The molecule has 0 amide bonds. The van der Waals surface area contributed by atoms with Gasteiger partial charge in [0.2, 0.25) is 0 Å². The molecule has 2 heterocycles. The molecule has 0 N–H and O–H groups in total. The molecule has 2 aromatic heterocycles. The number of allylic oxidation sites excluding steroid dienone is 1. The standard InChI is InChI=1S/C22H23FN4S/c1-22-10-15-12-25-27(18-6-4-17(23)5-7-18)21(15)9-16(22)3-8-19(11-22)28-20-13-24-26(2)14-20/h4-7,9,12-14,19H,3,8,10-11H2,1-2H3/t19-,22+/m0/s1. The maximum atomic E-state index is 13.3. The van der Waals surface area contributed by atoms with Crippen LogP contribution >= 0.6 is 11.8 Å². The van der Waals surface area contributed by atoms with Crippen LogP contribution < -0.4 is 0 Å². The van der Waals surface area contributed by atoms with Crippen LogP contribution in [0.15, 0.2) is 53.3 Å². The number of thioether (sulfide) groups is 1. The van der Waals surface area contributed by atoms with Gasteiger partial charge in [-0.2, -0.15) is 10.2 Å². The SMILES string of the molecule is Cn1cc(S[C@H]2CCC3=Cc4c(cnn4-c4ccc(F)cc4)C[C@]3(C)C2)cn1. The fourth-order valence-electron chi connectivity index (χ4n) is 4.59. The summed E-state index contributed by atoms with van der Waals surface area (Å²) in [5.74, 6) is -0.222. The van der Waals surface area contributed by atoms with Gasteiger partial charge in [-0.1, -0.05) is 12.5 Å². The number of hydrogen-bond acceptors (Lipinski definition) is 3. The van der Waals surface area contributed by atoms with E-state index in [0.29, 0.717) is 5.25 Å². The summed E-state index contributed by atoms with van der Waals surface area (Å²) in [5, 5.41) is 9.52. The summed E-state index contributed by atoms with van der Waals surface area (Å²) in [6, 6.07) is 6.56. The second-order valence-corrected chi connectivity index (χ2v) is 9.56. The molecule has 0 radical (unpaired) electrons. The van der Waals surface area contributed by atoms with Gasteiger partial charge < -0.3 is 0 Å². The largest absolute Gasteiger partial charge is 0.275 e. The van der Waals surface area contributed by atoms with Gasteiger partial charge in [0.15, 0.2) is 0 Å². The highest BCUT2D eigenvalue weighted by Crippen LogP contribution is 2.51. The molecule has 2 aliphatic rings. The third-order valence-electron chi connectivity index (χ3n) is 6.02. The highest BCUT2D eigenvalue weighted by atomic mass is 32.2. The van der Waals surface area contributed by atoms with Crippen LogP contribution in [0.1, 0.15) is 37.4 Å². The quantitative estimate of drug-likeness (QED) is 0.625. The average molecular weight is 395 g/mol. The molecule has 144 valence electrons. The molecule has 1 aromatic carbocycles. The van der Waals surface area contributed by atoms with Crippen LogP contribution in [0.4, 0.5) is 4.39 Å². The lowest BCUT2D eigenvalue weighted by Crippen LogP contribution is -2.33. The lowest BCUT2D eigenvalue weighted by molar-refractivity contribution is 0.306. The minimum absolute atomic E-state index is 0.182. The van der Waals surface area contributed by atoms with E-state index < -0.39 is 0 Å². The van der Waals surface area contributed by atoms with Crippen LogP contribution in [0.25, 0.3) is 11.8 Å². The number of rotatable bonds is 3.